The van der Waals surface area contributed by atoms with E-state index in [1.165, 1.54) is 12.4 Å². The van der Waals surface area contributed by atoms with Gasteiger partial charge in [0.2, 0.25) is 0 Å². The van der Waals surface area contributed by atoms with Crippen LogP contribution in [0.1, 0.15) is 35.0 Å². The van der Waals surface area contributed by atoms with E-state index in [0.29, 0.717) is 22.6 Å². The maximum Gasteiger partial charge on any atom is 0.391 e. The van der Waals surface area contributed by atoms with E-state index in [2.05, 4.69) is 25.3 Å². The van der Waals surface area contributed by atoms with Crippen LogP contribution in [-0.2, 0) is 22.1 Å². The standard InChI is InChI=1S/C22H21BrF3N3O2S2/c23-19-11-18(33(30,31)13-21-27-14-28-32-21)7-6-16(19)12-29-9-8-17(22(24,25)26)10-20(29)15-4-2-1-3-5-15/h1-7,11,14,17,20H,8-10,12-13H2/t17-,20+/m1/s1. The van der Waals surface area contributed by atoms with Crippen LogP contribution in [0, 0.1) is 5.92 Å². The molecule has 4 rings (SSSR count). The molecule has 1 fully saturated rings. The third kappa shape index (κ3) is 5.82. The first-order chi connectivity index (χ1) is 15.6. The Balaban J connectivity index is 1.55. The summed E-state index contributed by atoms with van der Waals surface area (Å²) >= 11 is 4.50. The van der Waals surface area contributed by atoms with E-state index in [-0.39, 0.29) is 29.5 Å². The van der Waals surface area contributed by atoms with Crippen LogP contribution in [0.15, 0.2) is 64.2 Å². The molecule has 0 unspecified atom stereocenters. The monoisotopic (exact) mass is 559 g/mol. The van der Waals surface area contributed by atoms with E-state index in [9.17, 15) is 21.6 Å². The number of aromatic nitrogens is 2. The van der Waals surface area contributed by atoms with Crippen molar-refractivity contribution in [2.75, 3.05) is 6.54 Å². The molecule has 0 saturated carbocycles. The van der Waals surface area contributed by atoms with Gasteiger partial charge in [0.1, 0.15) is 17.1 Å². The summed E-state index contributed by atoms with van der Waals surface area (Å²) in [6.45, 7) is 0.703. The number of hydrogen-bond acceptors (Lipinski definition) is 6. The lowest BCUT2D eigenvalue weighted by atomic mass is 9.86. The van der Waals surface area contributed by atoms with E-state index in [4.69, 9.17) is 0 Å². The molecule has 0 aliphatic carbocycles. The van der Waals surface area contributed by atoms with Crippen molar-refractivity contribution in [3.8, 4) is 0 Å². The Kier molecular flexibility index (Phi) is 7.23. The summed E-state index contributed by atoms with van der Waals surface area (Å²) in [6.07, 6.45) is -2.86. The number of halogens is 4. The van der Waals surface area contributed by atoms with Crippen molar-refractivity contribution in [3.05, 3.63) is 75.5 Å². The Hall–Kier alpha value is -1.82. The molecule has 1 aliphatic rings. The highest BCUT2D eigenvalue weighted by Gasteiger charge is 2.44. The van der Waals surface area contributed by atoms with Crippen LogP contribution < -0.4 is 0 Å². The minimum absolute atomic E-state index is 0.000551. The number of sulfone groups is 1. The van der Waals surface area contributed by atoms with Gasteiger partial charge in [-0.15, -0.1) is 0 Å². The Morgan fingerprint density at radius 1 is 1.15 bits per heavy atom. The van der Waals surface area contributed by atoms with Gasteiger partial charge < -0.3 is 0 Å². The lowest BCUT2D eigenvalue weighted by molar-refractivity contribution is -0.190. The molecule has 1 aromatic heterocycles. The largest absolute Gasteiger partial charge is 0.391 e. The van der Waals surface area contributed by atoms with Crippen molar-refractivity contribution in [1.82, 2.24) is 14.3 Å². The van der Waals surface area contributed by atoms with Gasteiger partial charge in [0.05, 0.1) is 10.8 Å². The van der Waals surface area contributed by atoms with Crippen LogP contribution in [-0.4, -0.2) is 35.4 Å². The van der Waals surface area contributed by atoms with Crippen LogP contribution in [0.4, 0.5) is 13.2 Å². The molecule has 2 atom stereocenters. The zero-order chi connectivity index (χ0) is 23.6. The average Bonchev–Trinajstić information content (AvgIpc) is 3.27. The molecule has 2 heterocycles. The van der Waals surface area contributed by atoms with Gasteiger partial charge in [-0.2, -0.15) is 17.5 Å². The summed E-state index contributed by atoms with van der Waals surface area (Å²) < 4.78 is 70.2. The van der Waals surface area contributed by atoms with Crippen molar-refractivity contribution in [2.24, 2.45) is 5.92 Å². The lowest BCUT2D eigenvalue weighted by Gasteiger charge is -2.40. The van der Waals surface area contributed by atoms with Crippen LogP contribution in [0.3, 0.4) is 0 Å². The van der Waals surface area contributed by atoms with Gasteiger partial charge in [-0.1, -0.05) is 52.3 Å². The summed E-state index contributed by atoms with van der Waals surface area (Å²) in [5, 5.41) is 0.411. The van der Waals surface area contributed by atoms with E-state index >= 15 is 0 Å². The second kappa shape index (κ2) is 9.81. The molecule has 0 bridgehead atoms. The second-order valence-electron chi connectivity index (χ2n) is 8.01. The highest BCUT2D eigenvalue weighted by atomic mass is 79.9. The number of rotatable bonds is 6. The number of benzene rings is 2. The molecule has 0 N–H and O–H groups in total. The van der Waals surface area contributed by atoms with E-state index in [1.807, 2.05) is 35.2 Å². The topological polar surface area (TPSA) is 63.2 Å². The van der Waals surface area contributed by atoms with Crippen LogP contribution >= 0.6 is 27.5 Å². The quantitative estimate of drug-likeness (QED) is 0.382. The summed E-state index contributed by atoms with van der Waals surface area (Å²) in [4.78, 5) is 6.13. The highest BCUT2D eigenvalue weighted by Crippen LogP contribution is 2.43. The van der Waals surface area contributed by atoms with Crippen molar-refractivity contribution in [3.63, 3.8) is 0 Å². The van der Waals surface area contributed by atoms with Crippen LogP contribution in [0.2, 0.25) is 0 Å². The number of likely N-dealkylation sites (tertiary alicyclic amines) is 1. The van der Waals surface area contributed by atoms with Gasteiger partial charge in [-0.3, -0.25) is 4.90 Å². The van der Waals surface area contributed by atoms with E-state index in [1.54, 1.807) is 12.1 Å². The molecule has 1 aliphatic heterocycles. The molecule has 33 heavy (non-hydrogen) atoms. The lowest BCUT2D eigenvalue weighted by Crippen LogP contribution is -2.41. The molecule has 3 aromatic rings. The third-order valence-corrected chi connectivity index (χ3v) is 9.04. The molecule has 2 aromatic carbocycles. The minimum atomic E-state index is -4.22. The van der Waals surface area contributed by atoms with Crippen LogP contribution in [0.25, 0.3) is 0 Å². The van der Waals surface area contributed by atoms with Crippen LogP contribution in [0.5, 0.6) is 0 Å². The van der Waals surface area contributed by atoms with E-state index in [0.717, 1.165) is 22.7 Å². The maximum absolute atomic E-state index is 13.4. The van der Waals surface area contributed by atoms with Crippen molar-refractivity contribution < 1.29 is 21.6 Å². The molecule has 0 radical (unpaired) electrons. The fourth-order valence-corrected chi connectivity index (χ4v) is 6.88. The Morgan fingerprint density at radius 2 is 1.91 bits per heavy atom. The van der Waals surface area contributed by atoms with Gasteiger partial charge in [0.15, 0.2) is 9.84 Å². The van der Waals surface area contributed by atoms with Gasteiger partial charge >= 0.3 is 6.18 Å². The maximum atomic E-state index is 13.4. The van der Waals surface area contributed by atoms with Gasteiger partial charge in [0.25, 0.3) is 0 Å². The summed E-state index contributed by atoms with van der Waals surface area (Å²) in [5.41, 5.74) is 1.66. The molecule has 11 heteroatoms. The fourth-order valence-electron chi connectivity index (χ4n) is 4.10. The van der Waals surface area contributed by atoms with E-state index < -0.39 is 21.9 Å². The van der Waals surface area contributed by atoms with Crippen molar-refractivity contribution in [2.45, 2.75) is 42.3 Å². The number of nitrogens with zero attached hydrogens (tertiary/aromatic N) is 3. The Labute approximate surface area is 202 Å². The SMILES string of the molecule is O=S(=O)(Cc1ncns1)c1ccc(CN2CC[C@@H](C(F)(F)F)C[C@H]2c2ccccc2)c(Br)c1. The third-order valence-electron chi connectivity index (χ3n) is 5.84. The summed E-state index contributed by atoms with van der Waals surface area (Å²) in [7, 11) is -3.59. The first kappa shape index (κ1) is 24.3. The van der Waals surface area contributed by atoms with Crippen molar-refractivity contribution in [1.29, 1.82) is 0 Å². The molecule has 1 saturated heterocycles. The normalized spacial score (nSPS) is 20.1. The number of alkyl halides is 3. The zero-order valence-corrected chi connectivity index (χ0v) is 20.6. The average molecular weight is 560 g/mol. The molecule has 0 amide bonds. The molecular weight excluding hydrogens is 539 g/mol. The van der Waals surface area contributed by atoms with Gasteiger partial charge in [0, 0.05) is 17.1 Å². The first-order valence-corrected chi connectivity index (χ1v) is 13.5. The molecule has 176 valence electrons. The predicted octanol–water partition coefficient (Wildman–Crippen LogP) is 5.79. The molecular formula is C22H21BrF3N3O2S2. The Bertz CT molecular complexity index is 1190. The smallest absolute Gasteiger partial charge is 0.292 e. The van der Waals surface area contributed by atoms with Gasteiger partial charge in [-0.05, 0) is 54.2 Å². The summed E-state index contributed by atoms with van der Waals surface area (Å²) in [6, 6.07) is 13.6. The first-order valence-electron chi connectivity index (χ1n) is 10.3. The molecule has 5 nitrogen and oxygen atoms in total. The second-order valence-corrected chi connectivity index (χ2v) is 11.7. The number of hydrogen-bond donors (Lipinski definition) is 0. The van der Waals surface area contributed by atoms with Gasteiger partial charge in [-0.25, -0.2) is 13.4 Å². The minimum Gasteiger partial charge on any atom is -0.292 e. The Morgan fingerprint density at radius 3 is 2.55 bits per heavy atom. The molecule has 0 spiro atoms. The fraction of sp³-hybridized carbons (Fsp3) is 0.364. The summed E-state index contributed by atoms with van der Waals surface area (Å²) in [5.74, 6) is -1.57. The predicted molar refractivity (Wildman–Crippen MR) is 123 cm³/mol. The number of piperidine rings is 1. The highest BCUT2D eigenvalue weighted by molar-refractivity contribution is 9.10. The zero-order valence-electron chi connectivity index (χ0n) is 17.4. The van der Waals surface area contributed by atoms with Crippen molar-refractivity contribution >= 4 is 37.3 Å².